The van der Waals surface area contributed by atoms with E-state index >= 15 is 0 Å². The van der Waals surface area contributed by atoms with Gasteiger partial charge in [0.1, 0.15) is 35.9 Å². The topological polar surface area (TPSA) is 183 Å². The van der Waals surface area contributed by atoms with E-state index in [1.165, 1.54) is 19.4 Å². The first-order valence-corrected chi connectivity index (χ1v) is 13.6. The summed E-state index contributed by atoms with van der Waals surface area (Å²) >= 11 is 0. The number of benzene rings is 1. The highest BCUT2D eigenvalue weighted by Crippen LogP contribution is 2.38. The number of hydrogen-bond donors (Lipinski definition) is 0. The van der Waals surface area contributed by atoms with Gasteiger partial charge in [0, 0.05) is 33.3 Å². The fourth-order valence-electron chi connectivity index (χ4n) is 5.01. The van der Waals surface area contributed by atoms with E-state index in [9.17, 15) is 29.2 Å². The van der Waals surface area contributed by atoms with E-state index in [1.54, 1.807) is 36.4 Å². The molecule has 0 aliphatic carbocycles. The van der Waals surface area contributed by atoms with Crippen LogP contribution in [0.25, 0.3) is 22.6 Å². The Hall–Kier alpha value is -5.42. The van der Waals surface area contributed by atoms with Crippen molar-refractivity contribution in [2.45, 2.75) is 58.3 Å². The molecule has 1 fully saturated rings. The average Bonchev–Trinajstić information content (AvgIpc) is 3.52. The van der Waals surface area contributed by atoms with Gasteiger partial charge in [-0.15, -0.1) is 0 Å². The minimum atomic E-state index is -1.60. The maximum absolute atomic E-state index is 14.3. The van der Waals surface area contributed by atoms with Crippen LogP contribution in [0.15, 0.2) is 57.9 Å². The molecule has 0 radical (unpaired) electrons. The third-order valence-electron chi connectivity index (χ3n) is 6.75. The number of furan rings is 1. The minimum Gasteiger partial charge on any atom is -0.497 e. The quantitative estimate of drug-likeness (QED) is 0.251. The van der Waals surface area contributed by atoms with E-state index < -0.39 is 66.7 Å². The van der Waals surface area contributed by atoms with Gasteiger partial charge in [-0.05, 0) is 48.0 Å². The van der Waals surface area contributed by atoms with E-state index in [-0.39, 0.29) is 22.6 Å². The van der Waals surface area contributed by atoms with Crippen LogP contribution < -0.4 is 10.3 Å². The number of pyridine rings is 1. The summed E-state index contributed by atoms with van der Waals surface area (Å²) in [6.45, 7) is 3.91. The number of esters is 4. The lowest BCUT2D eigenvalue weighted by Gasteiger charge is -2.45. The maximum atomic E-state index is 14.3. The number of aromatic nitrogens is 1. The molecule has 0 N–H and O–H groups in total. The monoisotopic (exact) mass is 622 g/mol. The molecule has 3 heterocycles. The van der Waals surface area contributed by atoms with Gasteiger partial charge in [-0.2, -0.15) is 5.26 Å². The van der Waals surface area contributed by atoms with Gasteiger partial charge in [0.05, 0.1) is 19.1 Å². The van der Waals surface area contributed by atoms with Crippen molar-refractivity contribution in [3.63, 3.8) is 0 Å². The smallest absolute Gasteiger partial charge is 0.303 e. The maximum Gasteiger partial charge on any atom is 0.303 e. The van der Waals surface area contributed by atoms with E-state index in [0.29, 0.717) is 11.3 Å². The molecule has 3 aromatic rings. The zero-order valence-corrected chi connectivity index (χ0v) is 25.0. The second kappa shape index (κ2) is 13.9. The van der Waals surface area contributed by atoms with E-state index in [2.05, 4.69) is 0 Å². The molecule has 0 unspecified atom stereocenters. The number of carbonyl (C=O) groups is 4. The van der Waals surface area contributed by atoms with Crippen molar-refractivity contribution < 1.29 is 52.0 Å². The number of hydrogen-bond acceptors (Lipinski definition) is 13. The molecule has 0 bridgehead atoms. The first-order chi connectivity index (χ1) is 21.4. The number of rotatable bonds is 9. The Kier molecular flexibility index (Phi) is 10.0. The van der Waals surface area contributed by atoms with Gasteiger partial charge in [-0.1, -0.05) is 0 Å². The van der Waals surface area contributed by atoms with Crippen LogP contribution in [0.5, 0.6) is 5.75 Å². The Morgan fingerprint density at radius 2 is 1.51 bits per heavy atom. The Labute approximate surface area is 256 Å². The molecule has 236 valence electrons. The normalized spacial score (nSPS) is 20.8. The number of ether oxygens (including phenoxy) is 6. The second-order valence-corrected chi connectivity index (χ2v) is 9.90. The standard InChI is InChI=1S/C31H30N2O12/c1-16(34)41-15-26-27(42-17(2)35)28(43-18(3)36)29(44-19(4)37)31(45-26)33-24(20-8-10-21(39-5)11-9-20)13-22(23(14-32)30(33)38)25-7-6-12-40-25/h6-13,26-29,31H,15H2,1-5H3/t26-,27-,28+,29-,31-/m1/s1. The number of methoxy groups -OCH3 is 1. The lowest BCUT2D eigenvalue weighted by molar-refractivity contribution is -0.268. The molecular weight excluding hydrogens is 592 g/mol. The van der Waals surface area contributed by atoms with Crippen LogP contribution in [0.2, 0.25) is 0 Å². The Morgan fingerprint density at radius 1 is 0.889 bits per heavy atom. The van der Waals surface area contributed by atoms with Crippen molar-refractivity contribution in [1.29, 1.82) is 5.26 Å². The van der Waals surface area contributed by atoms with Crippen molar-refractivity contribution in [1.82, 2.24) is 4.57 Å². The van der Waals surface area contributed by atoms with Crippen LogP contribution in [-0.4, -0.2) is 66.6 Å². The van der Waals surface area contributed by atoms with E-state index in [1.807, 2.05) is 6.07 Å². The SMILES string of the molecule is COc1ccc(-c2cc(-c3ccco3)c(C#N)c(=O)n2[C@@H]2O[C@H](COC(C)=O)[C@@H](OC(C)=O)[C@H](OC(C)=O)[C@H]2OC(C)=O)cc1. The van der Waals surface area contributed by atoms with Crippen molar-refractivity contribution in [2.75, 3.05) is 13.7 Å². The van der Waals surface area contributed by atoms with Gasteiger partial charge in [-0.3, -0.25) is 28.5 Å². The zero-order valence-electron chi connectivity index (χ0n) is 25.0. The highest BCUT2D eigenvalue weighted by Gasteiger charge is 2.53. The number of nitriles is 1. The predicted octanol–water partition coefficient (Wildman–Crippen LogP) is 2.91. The fourth-order valence-corrected chi connectivity index (χ4v) is 5.01. The summed E-state index contributed by atoms with van der Waals surface area (Å²) in [5.74, 6) is -2.45. The third-order valence-corrected chi connectivity index (χ3v) is 6.75. The molecule has 0 amide bonds. The van der Waals surface area contributed by atoms with Gasteiger partial charge in [-0.25, -0.2) is 0 Å². The summed E-state index contributed by atoms with van der Waals surface area (Å²) < 4.78 is 39.8. The summed E-state index contributed by atoms with van der Waals surface area (Å²) in [6, 6.07) is 13.2. The van der Waals surface area contributed by atoms with Crippen molar-refractivity contribution in [3.05, 3.63) is 64.6 Å². The molecule has 45 heavy (non-hydrogen) atoms. The highest BCUT2D eigenvalue weighted by atomic mass is 16.7. The van der Waals surface area contributed by atoms with Crippen LogP contribution in [-0.2, 0) is 42.9 Å². The summed E-state index contributed by atoms with van der Waals surface area (Å²) in [5.41, 5.74) is -0.430. The van der Waals surface area contributed by atoms with Gasteiger partial charge in [0.2, 0.25) is 0 Å². The molecule has 2 aromatic heterocycles. The second-order valence-electron chi connectivity index (χ2n) is 9.90. The van der Waals surface area contributed by atoms with Crippen LogP contribution in [0.3, 0.4) is 0 Å². The number of carbonyl (C=O) groups excluding carboxylic acids is 4. The molecule has 1 aromatic carbocycles. The molecule has 0 saturated carbocycles. The Morgan fingerprint density at radius 3 is 2.04 bits per heavy atom. The highest BCUT2D eigenvalue weighted by molar-refractivity contribution is 5.74. The largest absolute Gasteiger partial charge is 0.497 e. The molecule has 1 saturated heterocycles. The molecule has 4 rings (SSSR count). The van der Waals surface area contributed by atoms with Crippen LogP contribution in [0.4, 0.5) is 0 Å². The van der Waals surface area contributed by atoms with Crippen molar-refractivity contribution in [3.8, 4) is 34.4 Å². The molecular formula is C31H30N2O12. The third kappa shape index (κ3) is 7.22. The van der Waals surface area contributed by atoms with E-state index in [4.69, 9.17) is 32.8 Å². The average molecular weight is 623 g/mol. The fraction of sp³-hybridized carbons (Fsp3) is 0.355. The first-order valence-electron chi connectivity index (χ1n) is 13.6. The van der Waals surface area contributed by atoms with E-state index in [0.717, 1.165) is 32.3 Å². The lowest BCUT2D eigenvalue weighted by Crippen LogP contribution is -2.61. The lowest BCUT2D eigenvalue weighted by atomic mass is 9.95. The minimum absolute atomic E-state index is 0.167. The summed E-state index contributed by atoms with van der Waals surface area (Å²) in [6.07, 6.45) is -6.13. The van der Waals surface area contributed by atoms with Crippen molar-refractivity contribution >= 4 is 23.9 Å². The molecule has 1 aliphatic rings. The number of nitrogens with zero attached hydrogens (tertiary/aromatic N) is 2. The van der Waals surface area contributed by atoms with Crippen LogP contribution in [0, 0.1) is 11.3 Å². The Bertz CT molecular complexity index is 1670. The van der Waals surface area contributed by atoms with Gasteiger partial charge >= 0.3 is 23.9 Å². The Balaban J connectivity index is 2.04. The molecule has 5 atom stereocenters. The molecule has 0 spiro atoms. The zero-order chi connectivity index (χ0) is 32.8. The van der Waals surface area contributed by atoms with Gasteiger partial charge < -0.3 is 32.8 Å². The first kappa shape index (κ1) is 32.5. The van der Waals surface area contributed by atoms with Crippen LogP contribution in [0.1, 0.15) is 39.5 Å². The summed E-state index contributed by atoms with van der Waals surface area (Å²) in [5, 5.41) is 10.1. The molecule has 14 heteroatoms. The molecule has 14 nitrogen and oxygen atoms in total. The summed E-state index contributed by atoms with van der Waals surface area (Å²) in [4.78, 5) is 63.0. The summed E-state index contributed by atoms with van der Waals surface area (Å²) in [7, 11) is 1.49. The van der Waals surface area contributed by atoms with Crippen molar-refractivity contribution in [2.24, 2.45) is 0 Å². The predicted molar refractivity (Wildman–Crippen MR) is 152 cm³/mol. The molecule has 1 aliphatic heterocycles. The van der Waals surface area contributed by atoms with Gasteiger partial charge in [0.15, 0.2) is 24.5 Å². The van der Waals surface area contributed by atoms with Gasteiger partial charge in [0.25, 0.3) is 5.56 Å². The van der Waals surface area contributed by atoms with Crippen LogP contribution >= 0.6 is 0 Å².